The molecule has 0 saturated carbocycles. The molecule has 0 bridgehead atoms. The van der Waals surface area contributed by atoms with E-state index in [1.807, 2.05) is 44.2 Å². The first-order valence-corrected chi connectivity index (χ1v) is 14.5. The molecule has 0 aliphatic heterocycles. The number of carbonyl (C=O) groups excluding carboxylic acids is 2. The number of amides is 2. The van der Waals surface area contributed by atoms with Gasteiger partial charge < -0.3 is 19.7 Å². The number of rotatable bonds is 13. The van der Waals surface area contributed by atoms with Crippen LogP contribution in [0.1, 0.15) is 31.4 Å². The second-order valence-corrected chi connectivity index (χ2v) is 11.2. The van der Waals surface area contributed by atoms with Crippen molar-refractivity contribution in [2.75, 3.05) is 31.6 Å². The smallest absolute Gasteiger partial charge is 0.264 e. The summed E-state index contributed by atoms with van der Waals surface area (Å²) in [6, 6.07) is 19.5. The van der Waals surface area contributed by atoms with E-state index in [4.69, 9.17) is 9.47 Å². The van der Waals surface area contributed by atoms with Crippen LogP contribution < -0.4 is 19.1 Å². The average molecular weight is 568 g/mol. The van der Waals surface area contributed by atoms with Crippen LogP contribution in [-0.4, -0.2) is 58.5 Å². The Labute approximate surface area is 236 Å². The molecule has 0 saturated heterocycles. The maximum atomic E-state index is 14.1. The molecule has 1 atom stereocenters. The van der Waals surface area contributed by atoms with Gasteiger partial charge in [0.05, 0.1) is 24.8 Å². The third kappa shape index (κ3) is 7.32. The quantitative estimate of drug-likeness (QED) is 0.333. The van der Waals surface area contributed by atoms with Crippen LogP contribution in [0.15, 0.2) is 77.7 Å². The monoisotopic (exact) mass is 567 g/mol. The summed E-state index contributed by atoms with van der Waals surface area (Å²) in [5, 5.41) is 2.83. The van der Waals surface area contributed by atoms with Crippen LogP contribution in [0.5, 0.6) is 11.5 Å². The van der Waals surface area contributed by atoms with Crippen LogP contribution in [0.25, 0.3) is 0 Å². The highest BCUT2D eigenvalue weighted by molar-refractivity contribution is 7.92. The summed E-state index contributed by atoms with van der Waals surface area (Å²) in [6.07, 6.45) is 0.739. The number of methoxy groups -OCH3 is 2. The zero-order valence-electron chi connectivity index (χ0n) is 23.6. The van der Waals surface area contributed by atoms with Crippen LogP contribution >= 0.6 is 0 Å². The number of anilines is 1. The molecule has 3 aromatic rings. The normalized spacial score (nSPS) is 11.8. The summed E-state index contributed by atoms with van der Waals surface area (Å²) in [5.74, 6) is -0.241. The Kier molecular flexibility index (Phi) is 10.6. The van der Waals surface area contributed by atoms with Crippen LogP contribution in [0.2, 0.25) is 0 Å². The number of hydrogen-bond acceptors (Lipinski definition) is 6. The molecule has 9 nitrogen and oxygen atoms in total. The van der Waals surface area contributed by atoms with Gasteiger partial charge in [0.2, 0.25) is 11.8 Å². The SMILES string of the molecule is CCCNC(=O)[C@H](C)N(Cc1ccccc1)C(=O)CN(c1cc(OC)ccc1OC)S(=O)(=O)c1ccc(C)cc1. The molecule has 3 rings (SSSR count). The minimum Gasteiger partial charge on any atom is -0.497 e. The minimum atomic E-state index is -4.24. The fourth-order valence-electron chi connectivity index (χ4n) is 4.10. The van der Waals surface area contributed by atoms with E-state index in [2.05, 4.69) is 5.32 Å². The first-order chi connectivity index (χ1) is 19.1. The van der Waals surface area contributed by atoms with E-state index in [1.165, 1.54) is 37.3 Å². The molecule has 214 valence electrons. The number of ether oxygens (including phenoxy) is 2. The lowest BCUT2D eigenvalue weighted by Crippen LogP contribution is -2.51. The summed E-state index contributed by atoms with van der Waals surface area (Å²) < 4.78 is 40.0. The van der Waals surface area contributed by atoms with Gasteiger partial charge in [0, 0.05) is 19.2 Å². The largest absolute Gasteiger partial charge is 0.497 e. The van der Waals surface area contributed by atoms with Crippen molar-refractivity contribution in [2.45, 2.75) is 44.7 Å². The number of hydrogen-bond donors (Lipinski definition) is 1. The highest BCUT2D eigenvalue weighted by Gasteiger charge is 2.34. The van der Waals surface area contributed by atoms with Crippen LogP contribution in [0.4, 0.5) is 5.69 Å². The van der Waals surface area contributed by atoms with Gasteiger partial charge in [0.15, 0.2) is 0 Å². The molecule has 0 aromatic heterocycles. The average Bonchev–Trinajstić information content (AvgIpc) is 2.97. The summed E-state index contributed by atoms with van der Waals surface area (Å²) in [4.78, 5) is 28.4. The molecule has 0 radical (unpaired) electrons. The minimum absolute atomic E-state index is 0.0131. The lowest BCUT2D eigenvalue weighted by atomic mass is 10.1. The lowest BCUT2D eigenvalue weighted by molar-refractivity contribution is -0.139. The molecule has 10 heteroatoms. The standard InChI is InChI=1S/C30H37N3O6S/c1-6-18-31-30(35)23(3)32(20-24-10-8-7-9-11-24)29(34)21-33(27-19-25(38-4)14-17-28(27)39-5)40(36,37)26-15-12-22(2)13-16-26/h7-17,19,23H,6,18,20-21H2,1-5H3,(H,31,35)/t23-/m0/s1. The van der Waals surface area contributed by atoms with Gasteiger partial charge in [0.25, 0.3) is 10.0 Å². The van der Waals surface area contributed by atoms with Crippen molar-refractivity contribution in [3.8, 4) is 11.5 Å². The van der Waals surface area contributed by atoms with Crippen LogP contribution in [0.3, 0.4) is 0 Å². The molecular formula is C30H37N3O6S. The second-order valence-electron chi connectivity index (χ2n) is 9.34. The van der Waals surface area contributed by atoms with Gasteiger partial charge >= 0.3 is 0 Å². The Balaban J connectivity index is 2.10. The first kappa shape index (κ1) is 30.5. The Morgan fingerprint density at radius 1 is 0.950 bits per heavy atom. The molecule has 0 heterocycles. The zero-order chi connectivity index (χ0) is 29.3. The molecule has 0 fully saturated rings. The van der Waals surface area contributed by atoms with Crippen molar-refractivity contribution in [1.82, 2.24) is 10.2 Å². The van der Waals surface area contributed by atoms with Crippen molar-refractivity contribution in [3.63, 3.8) is 0 Å². The number of aryl methyl sites for hydroxylation is 1. The van der Waals surface area contributed by atoms with Crippen LogP contribution in [-0.2, 0) is 26.2 Å². The number of carbonyl (C=O) groups is 2. The Hall–Kier alpha value is -4.05. The predicted octanol–water partition coefficient (Wildman–Crippen LogP) is 4.15. The van der Waals surface area contributed by atoms with Gasteiger partial charge in [0.1, 0.15) is 24.1 Å². The number of sulfonamides is 1. The molecule has 3 aromatic carbocycles. The van der Waals surface area contributed by atoms with E-state index in [0.717, 1.165) is 21.9 Å². The van der Waals surface area contributed by atoms with E-state index >= 15 is 0 Å². The van der Waals surface area contributed by atoms with Gasteiger partial charge in [-0.15, -0.1) is 0 Å². The summed E-state index contributed by atoms with van der Waals surface area (Å²) in [6.45, 7) is 5.44. The predicted molar refractivity (Wildman–Crippen MR) is 155 cm³/mol. The fourth-order valence-corrected chi connectivity index (χ4v) is 5.52. The molecule has 2 amide bonds. The molecule has 0 spiro atoms. The number of benzene rings is 3. The number of nitrogens with one attached hydrogen (secondary N) is 1. The Bertz CT molecular complexity index is 1390. The van der Waals surface area contributed by atoms with Crippen LogP contribution in [0, 0.1) is 6.92 Å². The number of nitrogens with zero attached hydrogens (tertiary/aromatic N) is 2. The zero-order valence-corrected chi connectivity index (χ0v) is 24.4. The van der Waals surface area contributed by atoms with Crippen molar-refractivity contribution < 1.29 is 27.5 Å². The van der Waals surface area contributed by atoms with Crippen molar-refractivity contribution in [3.05, 3.63) is 83.9 Å². The summed E-state index contributed by atoms with van der Waals surface area (Å²) in [7, 11) is -1.35. The molecule has 0 unspecified atom stereocenters. The molecule has 0 aliphatic rings. The molecule has 40 heavy (non-hydrogen) atoms. The molecular weight excluding hydrogens is 530 g/mol. The molecule has 1 N–H and O–H groups in total. The third-order valence-electron chi connectivity index (χ3n) is 6.45. The van der Waals surface area contributed by atoms with Crippen molar-refractivity contribution >= 4 is 27.5 Å². The summed E-state index contributed by atoms with van der Waals surface area (Å²) >= 11 is 0. The Morgan fingerprint density at radius 2 is 1.62 bits per heavy atom. The van der Waals surface area contributed by atoms with Crippen molar-refractivity contribution in [1.29, 1.82) is 0 Å². The maximum absolute atomic E-state index is 14.1. The van der Waals surface area contributed by atoms with Gasteiger partial charge in [-0.3, -0.25) is 13.9 Å². The Morgan fingerprint density at radius 3 is 2.23 bits per heavy atom. The van der Waals surface area contributed by atoms with Gasteiger partial charge in [-0.05, 0) is 50.1 Å². The highest BCUT2D eigenvalue weighted by atomic mass is 32.2. The van der Waals surface area contributed by atoms with E-state index in [-0.39, 0.29) is 28.8 Å². The fraction of sp³-hybridized carbons (Fsp3) is 0.333. The maximum Gasteiger partial charge on any atom is 0.264 e. The van der Waals surface area contributed by atoms with E-state index in [1.54, 1.807) is 31.2 Å². The van der Waals surface area contributed by atoms with E-state index in [0.29, 0.717) is 12.3 Å². The van der Waals surface area contributed by atoms with Crippen molar-refractivity contribution in [2.24, 2.45) is 0 Å². The highest BCUT2D eigenvalue weighted by Crippen LogP contribution is 2.36. The lowest BCUT2D eigenvalue weighted by Gasteiger charge is -2.32. The first-order valence-electron chi connectivity index (χ1n) is 13.0. The topological polar surface area (TPSA) is 105 Å². The third-order valence-corrected chi connectivity index (χ3v) is 8.23. The van der Waals surface area contributed by atoms with Gasteiger partial charge in [-0.25, -0.2) is 8.42 Å². The molecule has 0 aliphatic carbocycles. The van der Waals surface area contributed by atoms with Gasteiger partial charge in [-0.2, -0.15) is 0 Å². The van der Waals surface area contributed by atoms with E-state index < -0.39 is 28.5 Å². The summed E-state index contributed by atoms with van der Waals surface area (Å²) in [5.41, 5.74) is 1.83. The second kappa shape index (κ2) is 13.8. The van der Waals surface area contributed by atoms with E-state index in [9.17, 15) is 18.0 Å². The van der Waals surface area contributed by atoms with Gasteiger partial charge in [-0.1, -0.05) is 55.0 Å².